The summed E-state index contributed by atoms with van der Waals surface area (Å²) in [7, 11) is 0. The van der Waals surface area contributed by atoms with Crippen LogP contribution in [0.25, 0.3) is 22.0 Å². The monoisotopic (exact) mass is 348 g/mol. The molecule has 25 heavy (non-hydrogen) atoms. The van der Waals surface area contributed by atoms with Gasteiger partial charge in [-0.3, -0.25) is 9.97 Å². The summed E-state index contributed by atoms with van der Waals surface area (Å²) >= 11 is 5.98. The van der Waals surface area contributed by atoms with E-state index in [-0.39, 0.29) is 5.02 Å². The van der Waals surface area contributed by atoms with Gasteiger partial charge < -0.3 is 0 Å². The maximum Gasteiger partial charge on any atom is 0.141 e. The molecule has 0 aliphatic rings. The van der Waals surface area contributed by atoms with Crippen LogP contribution in [0.3, 0.4) is 0 Å². The molecule has 2 heterocycles. The molecule has 0 unspecified atom stereocenters. The lowest BCUT2D eigenvalue weighted by Gasteiger charge is -2.11. The van der Waals surface area contributed by atoms with Gasteiger partial charge in [-0.2, -0.15) is 0 Å². The molecule has 122 valence electrons. The average molecular weight is 349 g/mol. The molecule has 4 aromatic rings. The molecular weight excluding hydrogens is 335 g/mol. The lowest BCUT2D eigenvalue weighted by molar-refractivity contribution is 0.628. The number of nitrogens with zero attached hydrogens (tertiary/aromatic N) is 2. The predicted molar refractivity (Wildman–Crippen MR) is 99.2 cm³/mol. The van der Waals surface area contributed by atoms with Crippen LogP contribution >= 0.6 is 11.6 Å². The smallest absolute Gasteiger partial charge is 0.141 e. The number of benzene rings is 2. The summed E-state index contributed by atoms with van der Waals surface area (Å²) in [5.41, 5.74) is 5.02. The number of pyridine rings is 2. The van der Waals surface area contributed by atoms with Crippen LogP contribution in [0.2, 0.25) is 5.02 Å². The van der Waals surface area contributed by atoms with Crippen LogP contribution in [-0.4, -0.2) is 9.97 Å². The van der Waals surface area contributed by atoms with Crippen LogP contribution in [0, 0.1) is 5.82 Å². The Hall–Kier alpha value is -2.78. The highest BCUT2D eigenvalue weighted by Crippen LogP contribution is 2.31. The first-order valence-corrected chi connectivity index (χ1v) is 8.30. The summed E-state index contributed by atoms with van der Waals surface area (Å²) < 4.78 is 13.5. The van der Waals surface area contributed by atoms with Gasteiger partial charge in [-0.25, -0.2) is 4.39 Å². The molecule has 0 radical (unpaired) electrons. The Morgan fingerprint density at radius 3 is 2.52 bits per heavy atom. The van der Waals surface area contributed by atoms with Gasteiger partial charge in [-0.15, -0.1) is 0 Å². The van der Waals surface area contributed by atoms with Gasteiger partial charge in [0, 0.05) is 29.5 Å². The standard InChI is InChI=1S/C21H14ClFN2/c22-19-13-16(3-4-20(19)23)18-12-15(10-14-5-8-24-9-6-14)11-17-2-1-7-25-21(17)18/h1-9,11-13H,10H2. The third-order valence-corrected chi connectivity index (χ3v) is 4.44. The number of rotatable bonds is 3. The summed E-state index contributed by atoms with van der Waals surface area (Å²) in [5, 5.41) is 1.16. The lowest BCUT2D eigenvalue weighted by Crippen LogP contribution is -1.93. The molecule has 0 aliphatic carbocycles. The Balaban J connectivity index is 1.88. The predicted octanol–water partition coefficient (Wildman–Crippen LogP) is 5.68. The van der Waals surface area contributed by atoms with E-state index in [1.165, 1.54) is 11.6 Å². The first kappa shape index (κ1) is 15.7. The second kappa shape index (κ2) is 6.61. The zero-order chi connectivity index (χ0) is 17.2. The molecule has 0 amide bonds. The summed E-state index contributed by atoms with van der Waals surface area (Å²) in [6.45, 7) is 0. The van der Waals surface area contributed by atoms with Crippen LogP contribution in [0.15, 0.2) is 73.2 Å². The summed E-state index contributed by atoms with van der Waals surface area (Å²) in [5.74, 6) is -0.421. The van der Waals surface area contributed by atoms with E-state index in [9.17, 15) is 4.39 Å². The quantitative estimate of drug-likeness (QED) is 0.476. The fourth-order valence-electron chi connectivity index (χ4n) is 2.98. The van der Waals surface area contributed by atoms with Crippen molar-refractivity contribution in [1.29, 1.82) is 0 Å². The molecular formula is C21H14ClFN2. The molecule has 4 heteroatoms. The Kier molecular flexibility index (Phi) is 4.16. The molecule has 0 spiro atoms. The van der Waals surface area contributed by atoms with Gasteiger partial charge in [0.15, 0.2) is 0 Å². The fraction of sp³-hybridized carbons (Fsp3) is 0.0476. The normalized spacial score (nSPS) is 11.0. The van der Waals surface area contributed by atoms with E-state index in [0.29, 0.717) is 0 Å². The van der Waals surface area contributed by atoms with Gasteiger partial charge in [-0.1, -0.05) is 23.7 Å². The molecule has 2 aromatic heterocycles. The van der Waals surface area contributed by atoms with Gasteiger partial charge in [0.2, 0.25) is 0 Å². The molecule has 0 atom stereocenters. The van der Waals surface area contributed by atoms with E-state index in [1.54, 1.807) is 30.7 Å². The zero-order valence-corrected chi connectivity index (χ0v) is 14.0. The number of halogens is 2. The third kappa shape index (κ3) is 3.24. The van der Waals surface area contributed by atoms with Gasteiger partial charge in [0.05, 0.1) is 10.5 Å². The molecule has 2 nitrogen and oxygen atoms in total. The van der Waals surface area contributed by atoms with E-state index in [4.69, 9.17) is 11.6 Å². The van der Waals surface area contributed by atoms with Crippen molar-refractivity contribution in [3.63, 3.8) is 0 Å². The van der Waals surface area contributed by atoms with Gasteiger partial charge in [0.25, 0.3) is 0 Å². The van der Waals surface area contributed by atoms with E-state index in [2.05, 4.69) is 22.1 Å². The molecule has 0 saturated carbocycles. The molecule has 2 aromatic carbocycles. The number of fused-ring (bicyclic) bond motifs is 1. The lowest BCUT2D eigenvalue weighted by atomic mass is 9.96. The van der Waals surface area contributed by atoms with E-state index in [0.717, 1.165) is 34.0 Å². The van der Waals surface area contributed by atoms with Crippen LogP contribution in [0.1, 0.15) is 11.1 Å². The van der Waals surface area contributed by atoms with Gasteiger partial charge >= 0.3 is 0 Å². The second-order valence-electron chi connectivity index (χ2n) is 5.88. The average Bonchev–Trinajstić information content (AvgIpc) is 2.64. The van der Waals surface area contributed by atoms with Crippen LogP contribution in [0.4, 0.5) is 4.39 Å². The minimum Gasteiger partial charge on any atom is -0.265 e. The van der Waals surface area contributed by atoms with E-state index in [1.807, 2.05) is 24.3 Å². The third-order valence-electron chi connectivity index (χ3n) is 4.15. The Bertz CT molecular complexity index is 1050. The fourth-order valence-corrected chi connectivity index (χ4v) is 3.16. The van der Waals surface area contributed by atoms with Crippen LogP contribution in [-0.2, 0) is 6.42 Å². The highest BCUT2D eigenvalue weighted by molar-refractivity contribution is 6.31. The summed E-state index contributed by atoms with van der Waals surface area (Å²) in [6, 6.07) is 17.0. The first-order chi connectivity index (χ1) is 12.2. The van der Waals surface area contributed by atoms with Gasteiger partial charge in [-0.05, 0) is 65.6 Å². The summed E-state index contributed by atoms with van der Waals surface area (Å²) in [6.07, 6.45) is 6.13. The number of aromatic nitrogens is 2. The first-order valence-electron chi connectivity index (χ1n) is 7.93. The van der Waals surface area contributed by atoms with Crippen molar-refractivity contribution in [3.8, 4) is 11.1 Å². The maximum absolute atomic E-state index is 13.5. The van der Waals surface area contributed by atoms with Crippen molar-refractivity contribution < 1.29 is 4.39 Å². The molecule has 4 rings (SSSR count). The topological polar surface area (TPSA) is 25.8 Å². The van der Waals surface area contributed by atoms with Crippen molar-refractivity contribution in [2.75, 3.05) is 0 Å². The van der Waals surface area contributed by atoms with Crippen molar-refractivity contribution in [3.05, 3.63) is 95.2 Å². The van der Waals surface area contributed by atoms with Crippen molar-refractivity contribution in [1.82, 2.24) is 9.97 Å². The molecule has 0 saturated heterocycles. The van der Waals surface area contributed by atoms with Crippen LogP contribution < -0.4 is 0 Å². The highest BCUT2D eigenvalue weighted by Gasteiger charge is 2.10. The largest absolute Gasteiger partial charge is 0.265 e. The SMILES string of the molecule is Fc1ccc(-c2cc(Cc3ccncc3)cc3cccnc23)cc1Cl. The van der Waals surface area contributed by atoms with Crippen molar-refractivity contribution in [2.45, 2.75) is 6.42 Å². The van der Waals surface area contributed by atoms with E-state index < -0.39 is 5.82 Å². The number of hydrogen-bond donors (Lipinski definition) is 0. The zero-order valence-electron chi connectivity index (χ0n) is 13.3. The molecule has 0 aliphatic heterocycles. The molecule has 0 N–H and O–H groups in total. The Morgan fingerprint density at radius 2 is 1.72 bits per heavy atom. The van der Waals surface area contributed by atoms with Crippen molar-refractivity contribution in [2.24, 2.45) is 0 Å². The second-order valence-corrected chi connectivity index (χ2v) is 6.29. The van der Waals surface area contributed by atoms with Crippen LogP contribution in [0.5, 0.6) is 0 Å². The Morgan fingerprint density at radius 1 is 0.880 bits per heavy atom. The minimum absolute atomic E-state index is 0.112. The van der Waals surface area contributed by atoms with E-state index >= 15 is 0 Å². The minimum atomic E-state index is -0.421. The molecule has 0 bridgehead atoms. The Labute approximate surface area is 150 Å². The number of hydrogen-bond acceptors (Lipinski definition) is 2. The van der Waals surface area contributed by atoms with Gasteiger partial charge in [0.1, 0.15) is 5.82 Å². The highest BCUT2D eigenvalue weighted by atomic mass is 35.5. The maximum atomic E-state index is 13.5. The molecule has 0 fully saturated rings. The van der Waals surface area contributed by atoms with Crippen molar-refractivity contribution >= 4 is 22.5 Å². The summed E-state index contributed by atoms with van der Waals surface area (Å²) in [4.78, 5) is 8.57.